The number of hydrogen-bond acceptors (Lipinski definition) is 3. The van der Waals surface area contributed by atoms with Crippen molar-refractivity contribution in [3.8, 4) is 5.75 Å². The van der Waals surface area contributed by atoms with Gasteiger partial charge in [0.2, 0.25) is 0 Å². The number of carbonyl (C=O) groups excluding carboxylic acids is 1. The molecule has 1 aliphatic rings. The summed E-state index contributed by atoms with van der Waals surface area (Å²) in [6.45, 7) is 3.74. The second-order valence-corrected chi connectivity index (χ2v) is 6.57. The Morgan fingerprint density at radius 2 is 1.80 bits per heavy atom. The number of benzene rings is 2. The Morgan fingerprint density at radius 1 is 1.04 bits per heavy atom. The van der Waals surface area contributed by atoms with Crippen molar-refractivity contribution < 1.29 is 9.53 Å². The van der Waals surface area contributed by atoms with Gasteiger partial charge in [-0.05, 0) is 61.3 Å². The summed E-state index contributed by atoms with van der Waals surface area (Å²) in [6.07, 6.45) is 3.89. The summed E-state index contributed by atoms with van der Waals surface area (Å²) in [5.74, 6) is 0.763. The van der Waals surface area contributed by atoms with Crippen LogP contribution >= 0.6 is 0 Å². The molecule has 0 aromatic heterocycles. The van der Waals surface area contributed by atoms with Gasteiger partial charge in [0.1, 0.15) is 5.75 Å². The normalized spacial score (nSPS) is 14.9. The van der Waals surface area contributed by atoms with Crippen molar-refractivity contribution in [3.63, 3.8) is 0 Å². The van der Waals surface area contributed by atoms with E-state index in [1.165, 1.54) is 24.8 Å². The predicted octanol–water partition coefficient (Wildman–Crippen LogP) is 3.61. The maximum atomic E-state index is 12.5. The summed E-state index contributed by atoms with van der Waals surface area (Å²) in [7, 11) is 1.64. The summed E-state index contributed by atoms with van der Waals surface area (Å²) in [5, 5.41) is 2.99. The van der Waals surface area contributed by atoms with Gasteiger partial charge in [-0.3, -0.25) is 9.69 Å². The highest BCUT2D eigenvalue weighted by molar-refractivity contribution is 5.94. The minimum Gasteiger partial charge on any atom is -0.497 e. The van der Waals surface area contributed by atoms with Crippen molar-refractivity contribution in [1.29, 1.82) is 0 Å². The lowest BCUT2D eigenvalue weighted by atomic mass is 10.1. The van der Waals surface area contributed by atoms with Gasteiger partial charge in [-0.2, -0.15) is 0 Å². The number of methoxy groups -OCH3 is 1. The van der Waals surface area contributed by atoms with Crippen LogP contribution in [-0.4, -0.2) is 31.0 Å². The summed E-state index contributed by atoms with van der Waals surface area (Å²) >= 11 is 0. The van der Waals surface area contributed by atoms with Gasteiger partial charge in [-0.1, -0.05) is 30.7 Å². The van der Waals surface area contributed by atoms with Gasteiger partial charge in [0, 0.05) is 18.7 Å². The topological polar surface area (TPSA) is 41.6 Å². The van der Waals surface area contributed by atoms with Crippen molar-refractivity contribution in [1.82, 2.24) is 10.2 Å². The van der Waals surface area contributed by atoms with Crippen LogP contribution in [0.5, 0.6) is 5.75 Å². The Hall–Kier alpha value is -2.33. The van der Waals surface area contributed by atoms with E-state index in [1.807, 2.05) is 42.5 Å². The largest absolute Gasteiger partial charge is 0.497 e. The monoisotopic (exact) mass is 338 g/mol. The molecule has 0 atom stereocenters. The van der Waals surface area contributed by atoms with Crippen LogP contribution in [0.25, 0.3) is 0 Å². The zero-order valence-corrected chi connectivity index (χ0v) is 14.8. The van der Waals surface area contributed by atoms with Crippen LogP contribution in [-0.2, 0) is 13.1 Å². The Balaban J connectivity index is 1.58. The fourth-order valence-corrected chi connectivity index (χ4v) is 3.25. The third kappa shape index (κ3) is 5.07. The molecular formula is C21H26N2O2. The molecule has 3 rings (SSSR count). The molecule has 1 N–H and O–H groups in total. The molecule has 0 unspecified atom stereocenters. The Kier molecular flexibility index (Phi) is 6.07. The minimum absolute atomic E-state index is 0.0386. The quantitative estimate of drug-likeness (QED) is 0.875. The summed E-state index contributed by atoms with van der Waals surface area (Å²) in [6, 6.07) is 15.7. The van der Waals surface area contributed by atoms with Crippen LogP contribution in [0.1, 0.15) is 40.7 Å². The number of hydrogen-bond donors (Lipinski definition) is 1. The highest BCUT2D eigenvalue weighted by Gasteiger charge is 2.12. The van der Waals surface area contributed by atoms with Crippen LogP contribution in [0.2, 0.25) is 0 Å². The molecule has 0 bridgehead atoms. The van der Waals surface area contributed by atoms with Crippen LogP contribution < -0.4 is 10.1 Å². The molecule has 1 fully saturated rings. The lowest BCUT2D eigenvalue weighted by Gasteiger charge is -2.26. The highest BCUT2D eigenvalue weighted by atomic mass is 16.5. The first-order valence-corrected chi connectivity index (χ1v) is 8.97. The van der Waals surface area contributed by atoms with E-state index in [9.17, 15) is 4.79 Å². The summed E-state index contributed by atoms with van der Waals surface area (Å²) < 4.78 is 5.22. The van der Waals surface area contributed by atoms with Gasteiger partial charge in [0.25, 0.3) is 5.91 Å². The van der Waals surface area contributed by atoms with Crippen molar-refractivity contribution in [2.24, 2.45) is 0 Å². The lowest BCUT2D eigenvalue weighted by Crippen LogP contribution is -2.29. The zero-order valence-electron chi connectivity index (χ0n) is 14.8. The Bertz CT molecular complexity index is 709. The van der Waals surface area contributed by atoms with Gasteiger partial charge >= 0.3 is 0 Å². The van der Waals surface area contributed by atoms with E-state index in [2.05, 4.69) is 16.3 Å². The van der Waals surface area contributed by atoms with E-state index in [0.717, 1.165) is 36.5 Å². The molecule has 0 aliphatic carbocycles. The second-order valence-electron chi connectivity index (χ2n) is 6.57. The van der Waals surface area contributed by atoms with Crippen molar-refractivity contribution >= 4 is 5.91 Å². The van der Waals surface area contributed by atoms with Crippen LogP contribution in [0.15, 0.2) is 48.5 Å². The third-order valence-electron chi connectivity index (χ3n) is 4.63. The first-order valence-electron chi connectivity index (χ1n) is 8.97. The molecule has 0 spiro atoms. The average molecular weight is 338 g/mol. The van der Waals surface area contributed by atoms with E-state index >= 15 is 0 Å². The second kappa shape index (κ2) is 8.67. The van der Waals surface area contributed by atoms with Gasteiger partial charge < -0.3 is 10.1 Å². The van der Waals surface area contributed by atoms with Gasteiger partial charge in [-0.15, -0.1) is 0 Å². The summed E-state index contributed by atoms with van der Waals surface area (Å²) in [5.41, 5.74) is 2.95. The number of piperidine rings is 1. The molecule has 4 heteroatoms. The van der Waals surface area contributed by atoms with Crippen molar-refractivity contribution in [2.75, 3.05) is 20.2 Å². The number of amides is 1. The van der Waals surface area contributed by atoms with Crippen LogP contribution in [0, 0.1) is 0 Å². The van der Waals surface area contributed by atoms with Crippen LogP contribution in [0.3, 0.4) is 0 Å². The first kappa shape index (κ1) is 17.5. The van der Waals surface area contributed by atoms with E-state index in [4.69, 9.17) is 4.74 Å². The molecule has 1 aliphatic heterocycles. The fraction of sp³-hybridized carbons (Fsp3) is 0.381. The smallest absolute Gasteiger partial charge is 0.251 e. The zero-order chi connectivity index (χ0) is 17.5. The lowest BCUT2D eigenvalue weighted by molar-refractivity contribution is 0.0950. The number of likely N-dealkylation sites (tertiary alicyclic amines) is 1. The molecule has 25 heavy (non-hydrogen) atoms. The summed E-state index contributed by atoms with van der Waals surface area (Å²) in [4.78, 5) is 14.9. The molecule has 0 radical (unpaired) electrons. The standard InChI is InChI=1S/C21H26N2O2/c1-25-20-10-6-7-17(14-20)15-22-21(24)19-9-5-8-18(13-19)16-23-11-3-2-4-12-23/h5-10,13-14H,2-4,11-12,15-16H2,1H3,(H,22,24). The molecule has 2 aromatic carbocycles. The molecular weight excluding hydrogens is 312 g/mol. The number of nitrogens with one attached hydrogen (secondary N) is 1. The number of ether oxygens (including phenoxy) is 1. The minimum atomic E-state index is -0.0386. The number of nitrogens with zero attached hydrogens (tertiary/aromatic N) is 1. The number of rotatable bonds is 6. The molecule has 1 heterocycles. The van der Waals surface area contributed by atoms with Gasteiger partial charge in [0.05, 0.1) is 7.11 Å². The average Bonchev–Trinajstić information content (AvgIpc) is 2.67. The van der Waals surface area contributed by atoms with E-state index in [-0.39, 0.29) is 5.91 Å². The maximum absolute atomic E-state index is 12.5. The Labute approximate surface area is 149 Å². The first-order chi connectivity index (χ1) is 12.2. The molecule has 132 valence electrons. The van der Waals surface area contributed by atoms with Crippen LogP contribution in [0.4, 0.5) is 0 Å². The predicted molar refractivity (Wildman–Crippen MR) is 99.7 cm³/mol. The highest BCUT2D eigenvalue weighted by Crippen LogP contribution is 2.15. The number of carbonyl (C=O) groups is 1. The van der Waals surface area contributed by atoms with E-state index in [1.54, 1.807) is 7.11 Å². The Morgan fingerprint density at radius 3 is 2.60 bits per heavy atom. The third-order valence-corrected chi connectivity index (χ3v) is 4.63. The molecule has 1 amide bonds. The molecule has 0 saturated carbocycles. The van der Waals surface area contributed by atoms with Gasteiger partial charge in [0.15, 0.2) is 0 Å². The van der Waals surface area contributed by atoms with E-state index in [0.29, 0.717) is 6.54 Å². The van der Waals surface area contributed by atoms with E-state index < -0.39 is 0 Å². The van der Waals surface area contributed by atoms with Gasteiger partial charge in [-0.25, -0.2) is 0 Å². The van der Waals surface area contributed by atoms with Crippen molar-refractivity contribution in [2.45, 2.75) is 32.4 Å². The SMILES string of the molecule is COc1cccc(CNC(=O)c2cccc(CN3CCCCC3)c2)c1. The fourth-order valence-electron chi connectivity index (χ4n) is 3.25. The molecule has 4 nitrogen and oxygen atoms in total. The maximum Gasteiger partial charge on any atom is 0.251 e. The molecule has 1 saturated heterocycles. The van der Waals surface area contributed by atoms with Crippen molar-refractivity contribution in [3.05, 3.63) is 65.2 Å². The molecule has 2 aromatic rings.